The van der Waals surface area contributed by atoms with Crippen molar-refractivity contribution < 1.29 is 9.18 Å². The summed E-state index contributed by atoms with van der Waals surface area (Å²) in [5.74, 6) is -0.334. The molecule has 104 valence electrons. The summed E-state index contributed by atoms with van der Waals surface area (Å²) in [6.07, 6.45) is 3.01. The Labute approximate surface area is 121 Å². The van der Waals surface area contributed by atoms with Gasteiger partial charge < -0.3 is 10.6 Å². The van der Waals surface area contributed by atoms with Crippen molar-refractivity contribution in [1.82, 2.24) is 5.32 Å². The van der Waals surface area contributed by atoms with Crippen LogP contribution in [0.4, 0.5) is 14.9 Å². The van der Waals surface area contributed by atoms with E-state index in [0.717, 1.165) is 0 Å². The smallest absolute Gasteiger partial charge is 0.314 e. The molecule has 0 bridgehead atoms. The summed E-state index contributed by atoms with van der Waals surface area (Å²) in [6, 6.07) is 14.1. The highest BCUT2D eigenvalue weighted by Crippen LogP contribution is 2.08. The fourth-order valence-electron chi connectivity index (χ4n) is 1.62. The molecule has 0 aliphatic heterocycles. The number of amides is 2. The molecule has 2 N–H and O–H groups in total. The van der Waals surface area contributed by atoms with Crippen LogP contribution >= 0.6 is 0 Å². The summed E-state index contributed by atoms with van der Waals surface area (Å²) < 4.78 is 12.9. The van der Waals surface area contributed by atoms with E-state index in [0.29, 0.717) is 16.8 Å². The van der Waals surface area contributed by atoms with Crippen molar-refractivity contribution in [3.8, 4) is 6.07 Å². The number of anilines is 1. The number of rotatable bonds is 3. The molecule has 5 heteroatoms. The number of benzene rings is 2. The SMILES string of the molecule is N#Cc1ccc(NC(=O)N/C=C/c2cccc(F)c2)cc1. The van der Waals surface area contributed by atoms with Crippen molar-refractivity contribution in [3.05, 3.63) is 71.7 Å². The topological polar surface area (TPSA) is 64.9 Å². The summed E-state index contributed by atoms with van der Waals surface area (Å²) in [6.45, 7) is 0. The van der Waals surface area contributed by atoms with Crippen LogP contribution in [-0.2, 0) is 0 Å². The molecule has 2 aromatic carbocycles. The second-order valence-corrected chi connectivity index (χ2v) is 4.18. The van der Waals surface area contributed by atoms with E-state index < -0.39 is 6.03 Å². The van der Waals surface area contributed by atoms with Crippen molar-refractivity contribution >= 4 is 17.8 Å². The molecule has 0 atom stereocenters. The molecule has 2 aromatic rings. The van der Waals surface area contributed by atoms with Gasteiger partial charge in [-0.15, -0.1) is 0 Å². The maximum atomic E-state index is 12.9. The molecule has 0 aromatic heterocycles. The fraction of sp³-hybridized carbons (Fsp3) is 0. The first-order valence-electron chi connectivity index (χ1n) is 6.17. The molecule has 2 rings (SSSR count). The van der Waals surface area contributed by atoms with E-state index in [-0.39, 0.29) is 5.82 Å². The lowest BCUT2D eigenvalue weighted by molar-refractivity contribution is 0.255. The molecular weight excluding hydrogens is 269 g/mol. The summed E-state index contributed by atoms with van der Waals surface area (Å²) in [5.41, 5.74) is 1.74. The van der Waals surface area contributed by atoms with Crippen molar-refractivity contribution in [3.63, 3.8) is 0 Å². The number of carbonyl (C=O) groups excluding carboxylic acids is 1. The highest BCUT2D eigenvalue weighted by atomic mass is 19.1. The molecule has 21 heavy (non-hydrogen) atoms. The predicted octanol–water partition coefficient (Wildman–Crippen LogP) is 3.49. The van der Waals surface area contributed by atoms with Gasteiger partial charge in [-0.25, -0.2) is 9.18 Å². The van der Waals surface area contributed by atoms with E-state index >= 15 is 0 Å². The Morgan fingerprint density at radius 2 is 1.95 bits per heavy atom. The molecule has 4 nitrogen and oxygen atoms in total. The fourth-order valence-corrected chi connectivity index (χ4v) is 1.62. The maximum absolute atomic E-state index is 12.9. The Morgan fingerprint density at radius 3 is 2.62 bits per heavy atom. The third-order valence-electron chi connectivity index (χ3n) is 2.61. The molecule has 0 heterocycles. The maximum Gasteiger partial charge on any atom is 0.323 e. The lowest BCUT2D eigenvalue weighted by Crippen LogP contribution is -2.23. The summed E-state index contributed by atoms with van der Waals surface area (Å²) in [5, 5.41) is 13.8. The van der Waals surface area contributed by atoms with Crippen molar-refractivity contribution in [2.45, 2.75) is 0 Å². The van der Waals surface area contributed by atoms with Gasteiger partial charge in [-0.1, -0.05) is 12.1 Å². The zero-order valence-electron chi connectivity index (χ0n) is 11.0. The Bertz CT molecular complexity index is 702. The van der Waals surface area contributed by atoms with Crippen LogP contribution in [0, 0.1) is 17.1 Å². The normalized spacial score (nSPS) is 10.1. The molecular formula is C16H12FN3O. The lowest BCUT2D eigenvalue weighted by atomic mass is 10.2. The minimum atomic E-state index is -0.424. The van der Waals surface area contributed by atoms with Gasteiger partial charge in [0.25, 0.3) is 0 Å². The number of hydrogen-bond donors (Lipinski definition) is 2. The highest BCUT2D eigenvalue weighted by molar-refractivity contribution is 5.90. The number of halogens is 1. The van der Waals surface area contributed by atoms with E-state index in [1.807, 2.05) is 6.07 Å². The molecule has 0 radical (unpaired) electrons. The Kier molecular flexibility index (Phi) is 4.67. The largest absolute Gasteiger partial charge is 0.323 e. The lowest BCUT2D eigenvalue weighted by Gasteiger charge is -2.04. The quantitative estimate of drug-likeness (QED) is 0.904. The molecule has 0 aliphatic rings. The summed E-state index contributed by atoms with van der Waals surface area (Å²) in [4.78, 5) is 11.6. The number of nitrogens with one attached hydrogen (secondary N) is 2. The molecule has 0 saturated heterocycles. The average molecular weight is 281 g/mol. The van der Waals surface area contributed by atoms with E-state index in [1.165, 1.54) is 18.3 Å². The van der Waals surface area contributed by atoms with Crippen LogP contribution in [0.3, 0.4) is 0 Å². The molecule has 0 fully saturated rings. The van der Waals surface area contributed by atoms with Crippen LogP contribution in [0.2, 0.25) is 0 Å². The van der Waals surface area contributed by atoms with Gasteiger partial charge in [0, 0.05) is 11.9 Å². The van der Waals surface area contributed by atoms with Gasteiger partial charge in [0.2, 0.25) is 0 Å². The minimum Gasteiger partial charge on any atom is -0.314 e. The number of nitrogens with zero attached hydrogens (tertiary/aromatic N) is 1. The first-order chi connectivity index (χ1) is 10.2. The number of hydrogen-bond acceptors (Lipinski definition) is 2. The molecule has 0 saturated carbocycles. The molecule has 0 unspecified atom stereocenters. The van der Waals surface area contributed by atoms with Crippen LogP contribution in [-0.4, -0.2) is 6.03 Å². The van der Waals surface area contributed by atoms with Gasteiger partial charge in [0.15, 0.2) is 0 Å². The highest BCUT2D eigenvalue weighted by Gasteiger charge is 1.99. The standard InChI is InChI=1S/C16H12FN3O/c17-14-3-1-2-12(10-14)8-9-19-16(21)20-15-6-4-13(11-18)5-7-15/h1-10H,(H2,19,20,21)/b9-8+. The first kappa shape index (κ1) is 14.3. The van der Waals surface area contributed by atoms with Gasteiger partial charge in [-0.05, 0) is 48.0 Å². The Balaban J connectivity index is 1.88. The third kappa shape index (κ3) is 4.48. The number of nitriles is 1. The number of urea groups is 1. The monoisotopic (exact) mass is 281 g/mol. The van der Waals surface area contributed by atoms with Crippen LogP contribution in [0.15, 0.2) is 54.7 Å². The van der Waals surface area contributed by atoms with Gasteiger partial charge in [-0.3, -0.25) is 0 Å². The van der Waals surface area contributed by atoms with Crippen LogP contribution in [0.1, 0.15) is 11.1 Å². The molecule has 0 aliphatic carbocycles. The van der Waals surface area contributed by atoms with E-state index in [2.05, 4.69) is 10.6 Å². The van der Waals surface area contributed by atoms with Crippen molar-refractivity contribution in [2.24, 2.45) is 0 Å². The minimum absolute atomic E-state index is 0.334. The van der Waals surface area contributed by atoms with E-state index in [9.17, 15) is 9.18 Å². The molecule has 0 spiro atoms. The second kappa shape index (κ2) is 6.87. The van der Waals surface area contributed by atoms with Crippen molar-refractivity contribution in [2.75, 3.05) is 5.32 Å². The second-order valence-electron chi connectivity index (χ2n) is 4.18. The van der Waals surface area contributed by atoms with Crippen molar-refractivity contribution in [1.29, 1.82) is 5.26 Å². The van der Waals surface area contributed by atoms with Gasteiger partial charge >= 0.3 is 6.03 Å². The average Bonchev–Trinajstić information content (AvgIpc) is 2.48. The van der Waals surface area contributed by atoms with Gasteiger partial charge in [-0.2, -0.15) is 5.26 Å². The van der Waals surface area contributed by atoms with Gasteiger partial charge in [0.05, 0.1) is 11.6 Å². The van der Waals surface area contributed by atoms with E-state index in [4.69, 9.17) is 5.26 Å². The molecule has 2 amide bonds. The predicted molar refractivity (Wildman–Crippen MR) is 78.7 cm³/mol. The first-order valence-corrected chi connectivity index (χ1v) is 6.17. The van der Waals surface area contributed by atoms with Gasteiger partial charge in [0.1, 0.15) is 5.82 Å². The van der Waals surface area contributed by atoms with Crippen LogP contribution in [0.5, 0.6) is 0 Å². The summed E-state index contributed by atoms with van der Waals surface area (Å²) in [7, 11) is 0. The number of carbonyl (C=O) groups is 1. The zero-order chi connectivity index (χ0) is 15.1. The zero-order valence-corrected chi connectivity index (χ0v) is 11.0. The third-order valence-corrected chi connectivity index (χ3v) is 2.61. The van der Waals surface area contributed by atoms with Crippen LogP contribution in [0.25, 0.3) is 6.08 Å². The van der Waals surface area contributed by atoms with Crippen LogP contribution < -0.4 is 10.6 Å². The Hall–Kier alpha value is -3.13. The Morgan fingerprint density at radius 1 is 1.19 bits per heavy atom. The summed E-state index contributed by atoms with van der Waals surface area (Å²) >= 11 is 0. The van der Waals surface area contributed by atoms with E-state index in [1.54, 1.807) is 42.5 Å².